The summed E-state index contributed by atoms with van der Waals surface area (Å²) in [5.74, 6) is 0.774. The van der Waals surface area contributed by atoms with Gasteiger partial charge < -0.3 is 14.1 Å². The molecular formula is C20H28N2O3. The fourth-order valence-corrected chi connectivity index (χ4v) is 2.73. The SMILES string of the molecule is CCN(C(=O)COc1nc2ccccc2o1)C(=CC(C)C)CC(C)C. The molecule has 2 rings (SSSR count). The van der Waals surface area contributed by atoms with Gasteiger partial charge in [-0.25, -0.2) is 0 Å². The topological polar surface area (TPSA) is 55.6 Å². The zero-order valence-electron chi connectivity index (χ0n) is 15.8. The van der Waals surface area contributed by atoms with Crippen LogP contribution in [0.15, 0.2) is 40.5 Å². The van der Waals surface area contributed by atoms with Crippen molar-refractivity contribution in [1.82, 2.24) is 9.88 Å². The highest BCUT2D eigenvalue weighted by Crippen LogP contribution is 2.21. The molecule has 1 aromatic carbocycles. The smallest absolute Gasteiger partial charge is 0.395 e. The molecule has 5 heteroatoms. The molecule has 0 atom stereocenters. The second-order valence-electron chi connectivity index (χ2n) is 6.87. The van der Waals surface area contributed by atoms with E-state index in [1.54, 1.807) is 4.90 Å². The van der Waals surface area contributed by atoms with E-state index in [-0.39, 0.29) is 18.6 Å². The molecule has 0 radical (unpaired) electrons. The number of carbonyl (C=O) groups excluding carboxylic acids is 1. The first kappa shape index (κ1) is 19.0. The van der Waals surface area contributed by atoms with Gasteiger partial charge in [-0.15, -0.1) is 0 Å². The number of oxazole rings is 1. The lowest BCUT2D eigenvalue weighted by molar-refractivity contribution is -0.131. The molecule has 0 unspecified atom stereocenters. The van der Waals surface area contributed by atoms with Crippen LogP contribution in [-0.2, 0) is 4.79 Å². The summed E-state index contributed by atoms with van der Waals surface area (Å²) in [6, 6.07) is 7.42. The van der Waals surface area contributed by atoms with E-state index in [1.807, 2.05) is 31.2 Å². The monoisotopic (exact) mass is 344 g/mol. The first-order valence-corrected chi connectivity index (χ1v) is 8.90. The number of likely N-dealkylation sites (N-methyl/N-ethyl adjacent to an activating group) is 1. The molecule has 1 amide bonds. The Morgan fingerprint density at radius 2 is 2.00 bits per heavy atom. The molecule has 5 nitrogen and oxygen atoms in total. The van der Waals surface area contributed by atoms with Crippen molar-refractivity contribution in [1.29, 1.82) is 0 Å². The van der Waals surface area contributed by atoms with Crippen LogP contribution >= 0.6 is 0 Å². The molecule has 0 bridgehead atoms. The standard InChI is InChI=1S/C20H28N2O3/c1-6-22(16(11-14(2)3)12-15(4)5)19(23)13-24-20-21-17-9-7-8-10-18(17)25-20/h7-11,14-15H,6,12-13H2,1-5H3. The molecule has 0 fully saturated rings. The first-order valence-electron chi connectivity index (χ1n) is 8.90. The van der Waals surface area contributed by atoms with Crippen molar-refractivity contribution in [2.24, 2.45) is 11.8 Å². The maximum absolute atomic E-state index is 12.7. The third-order valence-electron chi connectivity index (χ3n) is 3.70. The molecule has 0 aliphatic rings. The van der Waals surface area contributed by atoms with Gasteiger partial charge in [-0.1, -0.05) is 45.9 Å². The van der Waals surface area contributed by atoms with Crippen LogP contribution in [0, 0.1) is 11.8 Å². The number of hydrogen-bond acceptors (Lipinski definition) is 4. The molecule has 0 spiro atoms. The van der Waals surface area contributed by atoms with Crippen molar-refractivity contribution in [2.45, 2.75) is 41.0 Å². The summed E-state index contributed by atoms with van der Waals surface area (Å²) in [5.41, 5.74) is 2.42. The number of aromatic nitrogens is 1. The van der Waals surface area contributed by atoms with Crippen LogP contribution in [0.5, 0.6) is 6.08 Å². The lowest BCUT2D eigenvalue weighted by Gasteiger charge is -2.26. The second-order valence-corrected chi connectivity index (χ2v) is 6.87. The van der Waals surface area contributed by atoms with Gasteiger partial charge >= 0.3 is 6.08 Å². The van der Waals surface area contributed by atoms with Crippen LogP contribution < -0.4 is 4.74 Å². The Kier molecular flexibility index (Phi) is 6.62. The molecule has 2 aromatic rings. The number of amides is 1. The van der Waals surface area contributed by atoms with E-state index in [0.29, 0.717) is 24.0 Å². The summed E-state index contributed by atoms with van der Waals surface area (Å²) < 4.78 is 11.0. The van der Waals surface area contributed by atoms with Gasteiger partial charge in [0.25, 0.3) is 5.91 Å². The number of para-hydroxylation sites is 2. The largest absolute Gasteiger partial charge is 0.440 e. The number of carbonyl (C=O) groups is 1. The van der Waals surface area contributed by atoms with E-state index in [4.69, 9.17) is 9.15 Å². The summed E-state index contributed by atoms with van der Waals surface area (Å²) in [6.07, 6.45) is 3.14. The van der Waals surface area contributed by atoms with Crippen molar-refractivity contribution >= 4 is 17.0 Å². The van der Waals surface area contributed by atoms with Crippen LogP contribution in [-0.4, -0.2) is 28.9 Å². The Labute approximate surface area is 149 Å². The molecule has 0 N–H and O–H groups in total. The number of nitrogens with zero attached hydrogens (tertiary/aromatic N) is 2. The lowest BCUT2D eigenvalue weighted by Crippen LogP contribution is -2.35. The molecule has 1 heterocycles. The summed E-state index contributed by atoms with van der Waals surface area (Å²) in [7, 11) is 0. The maximum atomic E-state index is 12.7. The number of benzene rings is 1. The van der Waals surface area contributed by atoms with Crippen molar-refractivity contribution in [3.05, 3.63) is 36.0 Å². The molecular weight excluding hydrogens is 316 g/mol. The fraction of sp³-hybridized carbons (Fsp3) is 0.500. The Bertz CT molecular complexity index is 698. The van der Waals surface area contributed by atoms with E-state index >= 15 is 0 Å². The van der Waals surface area contributed by atoms with Crippen LogP contribution in [0.4, 0.5) is 0 Å². The minimum Gasteiger partial charge on any atom is -0.440 e. The van der Waals surface area contributed by atoms with Gasteiger partial charge in [-0.3, -0.25) is 4.79 Å². The number of fused-ring (bicyclic) bond motifs is 1. The average molecular weight is 344 g/mol. The Morgan fingerprint density at radius 3 is 2.60 bits per heavy atom. The number of ether oxygens (including phenoxy) is 1. The van der Waals surface area contributed by atoms with E-state index < -0.39 is 0 Å². The van der Waals surface area contributed by atoms with Crippen molar-refractivity contribution in [3.63, 3.8) is 0 Å². The third kappa shape index (κ3) is 5.34. The Balaban J connectivity index is 2.07. The zero-order chi connectivity index (χ0) is 18.4. The quantitative estimate of drug-likeness (QED) is 0.700. The normalized spacial score (nSPS) is 12.2. The highest BCUT2D eigenvalue weighted by Gasteiger charge is 2.19. The van der Waals surface area contributed by atoms with Gasteiger partial charge in [0.1, 0.15) is 5.52 Å². The van der Waals surface area contributed by atoms with Crippen molar-refractivity contribution in [3.8, 4) is 6.08 Å². The molecule has 0 saturated carbocycles. The van der Waals surface area contributed by atoms with Crippen LogP contribution in [0.3, 0.4) is 0 Å². The average Bonchev–Trinajstić information content (AvgIpc) is 2.95. The minimum atomic E-state index is -0.0891. The fourth-order valence-electron chi connectivity index (χ4n) is 2.73. The highest BCUT2D eigenvalue weighted by atomic mass is 16.6. The molecule has 0 saturated heterocycles. The third-order valence-corrected chi connectivity index (χ3v) is 3.70. The van der Waals surface area contributed by atoms with Crippen LogP contribution in [0.2, 0.25) is 0 Å². The van der Waals surface area contributed by atoms with E-state index in [9.17, 15) is 4.79 Å². The van der Waals surface area contributed by atoms with Gasteiger partial charge in [0.2, 0.25) is 0 Å². The minimum absolute atomic E-state index is 0.0858. The van der Waals surface area contributed by atoms with Crippen LogP contribution in [0.1, 0.15) is 41.0 Å². The lowest BCUT2D eigenvalue weighted by atomic mass is 10.0. The van der Waals surface area contributed by atoms with Crippen LogP contribution in [0.25, 0.3) is 11.1 Å². The van der Waals surface area contributed by atoms with Crippen molar-refractivity contribution < 1.29 is 13.9 Å². The van der Waals surface area contributed by atoms with Gasteiger partial charge in [-0.05, 0) is 37.3 Å². The molecule has 0 aliphatic carbocycles. The maximum Gasteiger partial charge on any atom is 0.395 e. The molecule has 25 heavy (non-hydrogen) atoms. The molecule has 136 valence electrons. The van der Waals surface area contributed by atoms with Crippen molar-refractivity contribution in [2.75, 3.05) is 13.2 Å². The Morgan fingerprint density at radius 1 is 1.28 bits per heavy atom. The number of rotatable bonds is 8. The van der Waals surface area contributed by atoms with Gasteiger partial charge in [0.05, 0.1) is 0 Å². The molecule has 0 aliphatic heterocycles. The summed E-state index contributed by atoms with van der Waals surface area (Å²) >= 11 is 0. The van der Waals surface area contributed by atoms with Gasteiger partial charge in [-0.2, -0.15) is 4.98 Å². The van der Waals surface area contributed by atoms with Gasteiger partial charge in [0.15, 0.2) is 12.2 Å². The zero-order valence-corrected chi connectivity index (χ0v) is 15.8. The summed E-state index contributed by atoms with van der Waals surface area (Å²) in [6.45, 7) is 11.0. The summed E-state index contributed by atoms with van der Waals surface area (Å²) in [5, 5.41) is 0. The van der Waals surface area contributed by atoms with E-state index in [2.05, 4.69) is 38.8 Å². The first-order chi connectivity index (χ1) is 11.9. The van der Waals surface area contributed by atoms with E-state index in [1.165, 1.54) is 0 Å². The second kappa shape index (κ2) is 8.70. The van der Waals surface area contributed by atoms with Gasteiger partial charge in [0, 0.05) is 12.2 Å². The predicted molar refractivity (Wildman–Crippen MR) is 99.3 cm³/mol. The summed E-state index contributed by atoms with van der Waals surface area (Å²) in [4.78, 5) is 18.7. The van der Waals surface area contributed by atoms with E-state index in [0.717, 1.165) is 17.6 Å². The number of hydrogen-bond donors (Lipinski definition) is 0. The Hall–Kier alpha value is -2.30. The highest BCUT2D eigenvalue weighted by molar-refractivity contribution is 5.79. The number of allylic oxidation sites excluding steroid dienone is 2. The molecule has 1 aromatic heterocycles. The predicted octanol–water partition coefficient (Wildman–Crippen LogP) is 4.64.